The minimum Gasteiger partial charge on any atom is -0.400 e. The Kier molecular flexibility index (Phi) is 3.72. The van der Waals surface area contributed by atoms with Crippen LogP contribution in [0.3, 0.4) is 0 Å². The SMILES string of the molecule is CC1(C)OB(/C=C/c2ccccc2Br)OC1(C)C. The first-order valence-corrected chi connectivity index (χ1v) is 6.89. The Morgan fingerprint density at radius 3 is 2.17 bits per heavy atom. The third-order valence-corrected chi connectivity index (χ3v) is 4.33. The molecule has 0 unspecified atom stereocenters. The summed E-state index contributed by atoms with van der Waals surface area (Å²) in [6.07, 6.45) is 2.02. The summed E-state index contributed by atoms with van der Waals surface area (Å²) >= 11 is 3.52. The predicted octanol–water partition coefficient (Wildman–Crippen LogP) is 4.09. The number of hydrogen-bond acceptors (Lipinski definition) is 2. The van der Waals surface area contributed by atoms with Crippen molar-refractivity contribution in [1.82, 2.24) is 0 Å². The molecule has 0 bridgehead atoms. The lowest BCUT2D eigenvalue weighted by molar-refractivity contribution is 0.00578. The fraction of sp³-hybridized carbons (Fsp3) is 0.429. The van der Waals surface area contributed by atoms with Crippen molar-refractivity contribution in [3.8, 4) is 0 Å². The van der Waals surface area contributed by atoms with Gasteiger partial charge in [0.1, 0.15) is 0 Å². The first kappa shape index (κ1) is 13.8. The van der Waals surface area contributed by atoms with Gasteiger partial charge in [-0.2, -0.15) is 0 Å². The quantitative estimate of drug-likeness (QED) is 0.766. The van der Waals surface area contributed by atoms with Crippen LogP contribution in [-0.4, -0.2) is 18.3 Å². The lowest BCUT2D eigenvalue weighted by Gasteiger charge is -2.32. The first-order valence-electron chi connectivity index (χ1n) is 6.10. The molecule has 4 heteroatoms. The number of hydrogen-bond donors (Lipinski definition) is 0. The second kappa shape index (κ2) is 4.84. The highest BCUT2D eigenvalue weighted by Crippen LogP contribution is 2.37. The topological polar surface area (TPSA) is 18.5 Å². The standard InChI is InChI=1S/C14H18BBrO2/c1-13(2)14(3,4)18-15(17-13)10-9-11-7-5-6-8-12(11)16/h5-10H,1-4H3/b10-9+. The predicted molar refractivity (Wildman–Crippen MR) is 79.3 cm³/mol. The number of rotatable bonds is 2. The molecule has 0 aromatic heterocycles. The molecule has 2 nitrogen and oxygen atoms in total. The average molecular weight is 309 g/mol. The Balaban J connectivity index is 2.11. The molecule has 1 aliphatic heterocycles. The van der Waals surface area contributed by atoms with Gasteiger partial charge in [0.15, 0.2) is 0 Å². The van der Waals surface area contributed by atoms with Crippen LogP contribution in [0.2, 0.25) is 0 Å². The summed E-state index contributed by atoms with van der Waals surface area (Å²) in [7, 11) is -0.290. The van der Waals surface area contributed by atoms with E-state index >= 15 is 0 Å². The Bertz CT molecular complexity index is 453. The highest BCUT2D eigenvalue weighted by atomic mass is 79.9. The van der Waals surface area contributed by atoms with Crippen LogP contribution in [0.1, 0.15) is 33.3 Å². The highest BCUT2D eigenvalue weighted by Gasteiger charge is 2.49. The van der Waals surface area contributed by atoms with Crippen molar-refractivity contribution >= 4 is 29.1 Å². The fourth-order valence-electron chi connectivity index (χ4n) is 1.76. The van der Waals surface area contributed by atoms with E-state index in [9.17, 15) is 0 Å². The molecule has 1 fully saturated rings. The second-order valence-corrected chi connectivity index (χ2v) is 6.36. The molecule has 2 rings (SSSR count). The van der Waals surface area contributed by atoms with E-state index in [0.29, 0.717) is 0 Å². The number of benzene rings is 1. The van der Waals surface area contributed by atoms with Gasteiger partial charge in [-0.15, -0.1) is 0 Å². The lowest BCUT2D eigenvalue weighted by Crippen LogP contribution is -2.41. The molecular weight excluding hydrogens is 291 g/mol. The third kappa shape index (κ3) is 2.71. The normalized spacial score (nSPS) is 21.7. The van der Waals surface area contributed by atoms with Crippen LogP contribution >= 0.6 is 15.9 Å². The van der Waals surface area contributed by atoms with Crippen LogP contribution in [0.15, 0.2) is 34.7 Å². The molecule has 0 amide bonds. The largest absolute Gasteiger partial charge is 0.487 e. The van der Waals surface area contributed by atoms with Crippen molar-refractivity contribution in [2.45, 2.75) is 38.9 Å². The molecule has 1 aromatic carbocycles. The molecule has 96 valence electrons. The zero-order valence-electron chi connectivity index (χ0n) is 11.2. The maximum absolute atomic E-state index is 5.90. The maximum atomic E-state index is 5.90. The summed E-state index contributed by atoms with van der Waals surface area (Å²) in [4.78, 5) is 0. The molecule has 0 radical (unpaired) electrons. The van der Waals surface area contributed by atoms with E-state index in [2.05, 4.69) is 43.6 Å². The molecule has 0 spiro atoms. The van der Waals surface area contributed by atoms with Crippen LogP contribution in [0.4, 0.5) is 0 Å². The molecule has 18 heavy (non-hydrogen) atoms. The Labute approximate surface area is 118 Å². The minimum atomic E-state index is -0.290. The van der Waals surface area contributed by atoms with Crippen LogP contribution in [0, 0.1) is 0 Å². The van der Waals surface area contributed by atoms with Gasteiger partial charge in [0.05, 0.1) is 11.2 Å². The van der Waals surface area contributed by atoms with Gasteiger partial charge in [-0.1, -0.05) is 46.2 Å². The van der Waals surface area contributed by atoms with Gasteiger partial charge in [0, 0.05) is 4.47 Å². The molecule has 1 aliphatic rings. The van der Waals surface area contributed by atoms with Crippen molar-refractivity contribution in [2.75, 3.05) is 0 Å². The van der Waals surface area contributed by atoms with Crippen molar-refractivity contribution in [2.24, 2.45) is 0 Å². The van der Waals surface area contributed by atoms with E-state index in [0.717, 1.165) is 10.0 Å². The van der Waals surface area contributed by atoms with E-state index in [1.54, 1.807) is 0 Å². The number of halogens is 1. The summed E-state index contributed by atoms with van der Waals surface area (Å²) < 4.78 is 12.9. The van der Waals surface area contributed by atoms with E-state index < -0.39 is 0 Å². The van der Waals surface area contributed by atoms with Gasteiger partial charge >= 0.3 is 7.12 Å². The Morgan fingerprint density at radius 1 is 1.06 bits per heavy atom. The van der Waals surface area contributed by atoms with E-state index in [-0.39, 0.29) is 18.3 Å². The molecule has 1 saturated heterocycles. The average Bonchev–Trinajstić information content (AvgIpc) is 2.46. The zero-order chi connectivity index (χ0) is 13.4. The van der Waals surface area contributed by atoms with Crippen molar-refractivity contribution in [3.63, 3.8) is 0 Å². The Morgan fingerprint density at radius 2 is 1.61 bits per heavy atom. The summed E-state index contributed by atoms with van der Waals surface area (Å²) in [5, 5.41) is 0. The van der Waals surface area contributed by atoms with E-state index in [1.165, 1.54) is 0 Å². The summed E-state index contributed by atoms with van der Waals surface area (Å²) in [6, 6.07) is 8.07. The van der Waals surface area contributed by atoms with Gasteiger partial charge in [-0.25, -0.2) is 0 Å². The van der Waals surface area contributed by atoms with Gasteiger partial charge < -0.3 is 9.31 Å². The van der Waals surface area contributed by atoms with Crippen LogP contribution in [0.25, 0.3) is 6.08 Å². The smallest absolute Gasteiger partial charge is 0.400 e. The van der Waals surface area contributed by atoms with Gasteiger partial charge in [0.2, 0.25) is 0 Å². The van der Waals surface area contributed by atoms with Crippen molar-refractivity contribution in [1.29, 1.82) is 0 Å². The lowest BCUT2D eigenvalue weighted by atomic mass is 9.89. The first-order chi connectivity index (χ1) is 8.32. The monoisotopic (exact) mass is 308 g/mol. The van der Waals surface area contributed by atoms with Crippen LogP contribution in [-0.2, 0) is 9.31 Å². The van der Waals surface area contributed by atoms with Crippen molar-refractivity contribution in [3.05, 3.63) is 40.3 Å². The van der Waals surface area contributed by atoms with Crippen LogP contribution < -0.4 is 0 Å². The molecule has 0 aliphatic carbocycles. The van der Waals surface area contributed by atoms with E-state index in [4.69, 9.17) is 9.31 Å². The Hall–Kier alpha value is -0.575. The molecule has 0 N–H and O–H groups in total. The van der Waals surface area contributed by atoms with Gasteiger partial charge in [-0.05, 0) is 39.3 Å². The molecule has 1 heterocycles. The second-order valence-electron chi connectivity index (χ2n) is 5.51. The third-order valence-electron chi connectivity index (χ3n) is 3.61. The summed E-state index contributed by atoms with van der Waals surface area (Å²) in [6.45, 7) is 8.22. The summed E-state index contributed by atoms with van der Waals surface area (Å²) in [5.41, 5.74) is 0.554. The van der Waals surface area contributed by atoms with Crippen LogP contribution in [0.5, 0.6) is 0 Å². The van der Waals surface area contributed by atoms with Crippen molar-refractivity contribution < 1.29 is 9.31 Å². The highest BCUT2D eigenvalue weighted by molar-refractivity contribution is 9.10. The molecule has 0 atom stereocenters. The molecule has 0 saturated carbocycles. The molecular formula is C14H18BBrO2. The van der Waals surface area contributed by atoms with Gasteiger partial charge in [0.25, 0.3) is 0 Å². The molecule has 1 aromatic rings. The maximum Gasteiger partial charge on any atom is 0.487 e. The van der Waals surface area contributed by atoms with Gasteiger partial charge in [-0.3, -0.25) is 0 Å². The summed E-state index contributed by atoms with van der Waals surface area (Å²) in [5.74, 6) is 1.95. The fourth-order valence-corrected chi connectivity index (χ4v) is 2.18. The van der Waals surface area contributed by atoms with E-state index in [1.807, 2.05) is 36.3 Å². The minimum absolute atomic E-state index is 0.282. The zero-order valence-corrected chi connectivity index (χ0v) is 12.8.